The summed E-state index contributed by atoms with van der Waals surface area (Å²) in [6.07, 6.45) is 13.6. The predicted octanol–water partition coefficient (Wildman–Crippen LogP) is 5.97. The van der Waals surface area contributed by atoms with Crippen molar-refractivity contribution in [1.82, 2.24) is 19.7 Å². The molecule has 0 atom stereocenters. The lowest BCUT2D eigenvalue weighted by atomic mass is 9.86. The van der Waals surface area contributed by atoms with Crippen molar-refractivity contribution in [3.05, 3.63) is 65.5 Å². The van der Waals surface area contributed by atoms with Crippen LogP contribution in [0.5, 0.6) is 0 Å². The van der Waals surface area contributed by atoms with E-state index in [1.54, 1.807) is 6.20 Å². The van der Waals surface area contributed by atoms with Gasteiger partial charge in [-0.1, -0.05) is 76.1 Å². The van der Waals surface area contributed by atoms with Gasteiger partial charge in [0.05, 0.1) is 12.1 Å². The molecular formula is C28H34N4O3. The van der Waals surface area contributed by atoms with Crippen molar-refractivity contribution in [2.75, 3.05) is 0 Å². The first-order valence-electron chi connectivity index (χ1n) is 12.8. The van der Waals surface area contributed by atoms with E-state index in [9.17, 15) is 14.7 Å². The van der Waals surface area contributed by atoms with Crippen LogP contribution in [0.3, 0.4) is 0 Å². The maximum absolute atomic E-state index is 13.0. The van der Waals surface area contributed by atoms with E-state index >= 15 is 0 Å². The fraction of sp³-hybridized carbons (Fsp3) is 0.464. The Morgan fingerprint density at radius 1 is 1.06 bits per heavy atom. The first kappa shape index (κ1) is 24.8. The van der Waals surface area contributed by atoms with Crippen LogP contribution in [-0.2, 0) is 13.0 Å². The van der Waals surface area contributed by atoms with Crippen LogP contribution in [0.25, 0.3) is 11.1 Å². The zero-order valence-electron chi connectivity index (χ0n) is 20.4. The van der Waals surface area contributed by atoms with Crippen LogP contribution in [0.1, 0.15) is 97.1 Å². The summed E-state index contributed by atoms with van der Waals surface area (Å²) < 4.78 is 1.87. The summed E-state index contributed by atoms with van der Waals surface area (Å²) in [5.41, 5.74) is 2.62. The van der Waals surface area contributed by atoms with Crippen LogP contribution in [0.4, 0.5) is 0 Å². The van der Waals surface area contributed by atoms with Gasteiger partial charge in [-0.3, -0.25) is 9.78 Å². The zero-order valence-corrected chi connectivity index (χ0v) is 20.4. The van der Waals surface area contributed by atoms with Gasteiger partial charge in [-0.25, -0.2) is 14.5 Å². The van der Waals surface area contributed by atoms with Crippen LogP contribution >= 0.6 is 0 Å². The Bertz CT molecular complexity index is 1150. The fourth-order valence-electron chi connectivity index (χ4n) is 4.86. The molecule has 7 heteroatoms. The molecule has 0 bridgehead atoms. The molecule has 1 fully saturated rings. The topological polar surface area (TPSA) is 98.0 Å². The maximum Gasteiger partial charge on any atom is 0.336 e. The average Bonchev–Trinajstić information content (AvgIpc) is 3.28. The number of carbonyl (C=O) groups excluding carboxylic acids is 1. The number of unbranched alkanes of at least 4 members (excludes halogenated alkanes) is 2. The first-order chi connectivity index (χ1) is 17.0. The number of hydrogen-bond donors (Lipinski definition) is 1. The van der Waals surface area contributed by atoms with E-state index in [-0.39, 0.29) is 11.3 Å². The number of carbonyl (C=O) groups is 2. The van der Waals surface area contributed by atoms with Gasteiger partial charge < -0.3 is 5.11 Å². The third kappa shape index (κ3) is 6.41. The molecule has 35 heavy (non-hydrogen) atoms. The lowest BCUT2D eigenvalue weighted by Crippen LogP contribution is -2.13. The van der Waals surface area contributed by atoms with E-state index in [1.807, 2.05) is 28.9 Å². The summed E-state index contributed by atoms with van der Waals surface area (Å²) in [7, 11) is 0. The van der Waals surface area contributed by atoms with Crippen LogP contribution < -0.4 is 0 Å². The second kappa shape index (κ2) is 11.9. The molecule has 1 aliphatic carbocycles. The minimum Gasteiger partial charge on any atom is -0.478 e. The normalized spacial score (nSPS) is 14.2. The number of benzene rings is 1. The highest BCUT2D eigenvalue weighted by molar-refractivity contribution is 5.95. The number of ketones is 1. The number of aromatic nitrogens is 4. The highest BCUT2D eigenvalue weighted by Gasteiger charge is 2.22. The summed E-state index contributed by atoms with van der Waals surface area (Å²) >= 11 is 0. The molecule has 2 heterocycles. The number of carboxylic acid groups (broad SMARTS) is 1. The van der Waals surface area contributed by atoms with Crippen molar-refractivity contribution in [3.8, 4) is 11.1 Å². The van der Waals surface area contributed by atoms with Gasteiger partial charge in [0.2, 0.25) is 11.6 Å². The van der Waals surface area contributed by atoms with Crippen molar-refractivity contribution < 1.29 is 14.7 Å². The SMILES string of the molecule is CCCCCc1nc(C(=O)CC2CCCCC2)nn1Cc1ccc(-c2cnccc2C(=O)O)cc1. The largest absolute Gasteiger partial charge is 0.478 e. The molecule has 0 radical (unpaired) electrons. The number of aromatic carboxylic acids is 1. The molecule has 0 unspecified atom stereocenters. The molecule has 1 aromatic carbocycles. The first-order valence-corrected chi connectivity index (χ1v) is 12.8. The van der Waals surface area contributed by atoms with E-state index in [1.165, 1.54) is 31.5 Å². The van der Waals surface area contributed by atoms with Crippen molar-refractivity contribution in [2.24, 2.45) is 5.92 Å². The second-order valence-corrected chi connectivity index (χ2v) is 9.52. The van der Waals surface area contributed by atoms with Crippen LogP contribution in [0, 0.1) is 5.92 Å². The van der Waals surface area contributed by atoms with E-state index in [0.29, 0.717) is 30.3 Å². The van der Waals surface area contributed by atoms with Gasteiger partial charge >= 0.3 is 5.97 Å². The summed E-state index contributed by atoms with van der Waals surface area (Å²) in [6.45, 7) is 2.69. The Labute approximate surface area is 206 Å². The number of aryl methyl sites for hydroxylation is 1. The zero-order chi connectivity index (χ0) is 24.6. The second-order valence-electron chi connectivity index (χ2n) is 9.52. The molecule has 0 saturated heterocycles. The number of Topliss-reactive ketones (excluding diaryl/α,β-unsaturated/α-hetero) is 1. The quantitative estimate of drug-likeness (QED) is 0.271. The molecule has 1 saturated carbocycles. The van der Waals surface area contributed by atoms with E-state index < -0.39 is 5.97 Å². The average molecular weight is 475 g/mol. The Morgan fingerprint density at radius 3 is 2.54 bits per heavy atom. The third-order valence-electron chi connectivity index (χ3n) is 6.85. The Morgan fingerprint density at radius 2 is 1.83 bits per heavy atom. The van der Waals surface area contributed by atoms with Crippen LogP contribution in [0.15, 0.2) is 42.7 Å². The standard InChI is InChI=1S/C28H34N4O3/c1-2-3-5-10-26-30-27(25(33)17-20-8-6-4-7-9-20)31-32(26)19-21-11-13-22(14-12-21)24-18-29-16-15-23(24)28(34)35/h11-16,18,20H,2-10,17,19H2,1H3,(H,34,35). The van der Waals surface area contributed by atoms with Crippen LogP contribution in [-0.4, -0.2) is 36.6 Å². The van der Waals surface area contributed by atoms with Gasteiger partial charge in [-0.15, -0.1) is 5.10 Å². The van der Waals surface area contributed by atoms with Gasteiger partial charge in [0.15, 0.2) is 0 Å². The predicted molar refractivity (Wildman–Crippen MR) is 135 cm³/mol. The molecule has 4 rings (SSSR count). The molecule has 1 N–H and O–H groups in total. The number of pyridine rings is 1. The molecule has 0 spiro atoms. The summed E-state index contributed by atoms with van der Waals surface area (Å²) in [5.74, 6) is 0.745. The molecule has 0 amide bonds. The molecule has 2 aromatic heterocycles. The van der Waals surface area contributed by atoms with Gasteiger partial charge in [0.25, 0.3) is 0 Å². The molecule has 184 valence electrons. The smallest absolute Gasteiger partial charge is 0.336 e. The lowest BCUT2D eigenvalue weighted by Gasteiger charge is -2.19. The Hall–Kier alpha value is -3.35. The molecule has 7 nitrogen and oxygen atoms in total. The fourth-order valence-corrected chi connectivity index (χ4v) is 4.86. The van der Waals surface area contributed by atoms with Gasteiger partial charge in [0.1, 0.15) is 5.82 Å². The van der Waals surface area contributed by atoms with E-state index in [4.69, 9.17) is 0 Å². The van der Waals surface area contributed by atoms with Gasteiger partial charge in [-0.05, 0) is 29.5 Å². The summed E-state index contributed by atoms with van der Waals surface area (Å²) in [6, 6.07) is 9.25. The van der Waals surface area contributed by atoms with Gasteiger partial charge in [-0.2, -0.15) is 0 Å². The number of carboxylic acids is 1. The minimum absolute atomic E-state index is 0.0560. The van der Waals surface area contributed by atoms with Crippen molar-refractivity contribution in [2.45, 2.75) is 77.7 Å². The van der Waals surface area contributed by atoms with Gasteiger partial charge in [0, 0.05) is 30.8 Å². The molecular weight excluding hydrogens is 440 g/mol. The summed E-state index contributed by atoms with van der Waals surface area (Å²) in [5, 5.41) is 14.1. The third-order valence-corrected chi connectivity index (χ3v) is 6.85. The van der Waals surface area contributed by atoms with E-state index in [2.05, 4.69) is 22.0 Å². The van der Waals surface area contributed by atoms with E-state index in [0.717, 1.165) is 55.5 Å². The highest BCUT2D eigenvalue weighted by atomic mass is 16.4. The molecule has 0 aliphatic heterocycles. The van der Waals surface area contributed by atoms with Crippen molar-refractivity contribution >= 4 is 11.8 Å². The van der Waals surface area contributed by atoms with Crippen molar-refractivity contribution in [1.29, 1.82) is 0 Å². The highest BCUT2D eigenvalue weighted by Crippen LogP contribution is 2.27. The maximum atomic E-state index is 13.0. The monoisotopic (exact) mass is 474 g/mol. The number of rotatable bonds is 11. The summed E-state index contributed by atoms with van der Waals surface area (Å²) in [4.78, 5) is 33.3. The Kier molecular flexibility index (Phi) is 8.40. The molecule has 1 aliphatic rings. The molecule has 3 aromatic rings. The number of nitrogens with zero attached hydrogens (tertiary/aromatic N) is 4. The van der Waals surface area contributed by atoms with Crippen LogP contribution in [0.2, 0.25) is 0 Å². The minimum atomic E-state index is -0.976. The number of hydrogen-bond acceptors (Lipinski definition) is 5. The lowest BCUT2D eigenvalue weighted by molar-refractivity contribution is 0.0697. The Balaban J connectivity index is 1.52. The van der Waals surface area contributed by atoms with Crippen molar-refractivity contribution in [3.63, 3.8) is 0 Å².